The third-order valence-electron chi connectivity index (χ3n) is 5.50. The van der Waals surface area contributed by atoms with Gasteiger partial charge in [0.15, 0.2) is 0 Å². The monoisotopic (exact) mass is 447 g/mol. The van der Waals surface area contributed by atoms with E-state index in [1.807, 2.05) is 9.80 Å². The van der Waals surface area contributed by atoms with Crippen molar-refractivity contribution >= 4 is 23.3 Å². The summed E-state index contributed by atoms with van der Waals surface area (Å²) >= 11 is 0. The molecule has 0 unspecified atom stereocenters. The highest BCUT2D eigenvalue weighted by atomic mass is 19.4. The normalized spacial score (nSPS) is 17.2. The number of nitrogens with one attached hydrogen (secondary N) is 2. The Balaban J connectivity index is 1.28. The Morgan fingerprint density at radius 2 is 1.75 bits per heavy atom. The van der Waals surface area contributed by atoms with Crippen molar-refractivity contribution in [3.8, 4) is 0 Å². The van der Waals surface area contributed by atoms with Crippen LogP contribution in [0.5, 0.6) is 0 Å². The van der Waals surface area contributed by atoms with E-state index in [2.05, 4.69) is 15.6 Å². The Labute approximate surface area is 183 Å². The lowest BCUT2D eigenvalue weighted by atomic mass is 10.1. The van der Waals surface area contributed by atoms with E-state index in [0.29, 0.717) is 43.2 Å². The molecule has 170 valence electrons. The Bertz CT molecular complexity index is 968. The maximum Gasteiger partial charge on any atom is 0.417 e. The summed E-state index contributed by atoms with van der Waals surface area (Å²) in [6.45, 7) is 2.39. The fourth-order valence-corrected chi connectivity index (χ4v) is 3.55. The van der Waals surface area contributed by atoms with Gasteiger partial charge < -0.3 is 15.5 Å². The molecule has 0 spiro atoms. The highest BCUT2D eigenvalue weighted by Crippen LogP contribution is 2.29. The molecule has 1 aliphatic heterocycles. The number of benzene rings is 1. The molecule has 2 N–H and O–H groups in total. The van der Waals surface area contributed by atoms with Crippen molar-refractivity contribution in [2.45, 2.75) is 25.1 Å². The van der Waals surface area contributed by atoms with Crippen LogP contribution >= 0.6 is 0 Å². The minimum Gasteiger partial charge on any atom is -0.354 e. The van der Waals surface area contributed by atoms with Crippen molar-refractivity contribution in [1.29, 1.82) is 0 Å². The van der Waals surface area contributed by atoms with Crippen molar-refractivity contribution in [2.75, 3.05) is 42.9 Å². The van der Waals surface area contributed by atoms with Gasteiger partial charge >= 0.3 is 6.18 Å². The number of anilines is 2. The van der Waals surface area contributed by atoms with Crippen LogP contribution in [0.15, 0.2) is 42.6 Å². The summed E-state index contributed by atoms with van der Waals surface area (Å²) in [5, 5.41) is 5.74. The topological polar surface area (TPSA) is 77.6 Å². The second-order valence-corrected chi connectivity index (χ2v) is 8.01. The maximum absolute atomic E-state index is 12.7. The second kappa shape index (κ2) is 9.15. The number of hydrogen-bond acceptors (Lipinski definition) is 5. The number of nitrogens with zero attached hydrogens (tertiary/aromatic N) is 3. The molecule has 1 aromatic heterocycles. The van der Waals surface area contributed by atoms with Gasteiger partial charge in [-0.25, -0.2) is 4.98 Å². The van der Waals surface area contributed by atoms with E-state index in [4.69, 9.17) is 0 Å². The lowest BCUT2D eigenvalue weighted by Gasteiger charge is -2.35. The minimum atomic E-state index is -4.41. The summed E-state index contributed by atoms with van der Waals surface area (Å²) in [5.74, 6) is 0.0662. The molecule has 2 aliphatic rings. The van der Waals surface area contributed by atoms with Crippen molar-refractivity contribution in [1.82, 2.24) is 15.2 Å². The molecule has 2 fully saturated rings. The van der Waals surface area contributed by atoms with Crippen LogP contribution < -0.4 is 15.5 Å². The van der Waals surface area contributed by atoms with Gasteiger partial charge in [-0.3, -0.25) is 14.5 Å². The van der Waals surface area contributed by atoms with E-state index in [9.17, 15) is 22.8 Å². The summed E-state index contributed by atoms with van der Waals surface area (Å²) in [7, 11) is 0. The van der Waals surface area contributed by atoms with Crippen molar-refractivity contribution in [2.24, 2.45) is 0 Å². The maximum atomic E-state index is 12.7. The van der Waals surface area contributed by atoms with E-state index in [1.165, 1.54) is 6.07 Å². The number of amides is 2. The van der Waals surface area contributed by atoms with Crippen LogP contribution in [-0.2, 0) is 11.0 Å². The molecule has 0 radical (unpaired) electrons. The lowest BCUT2D eigenvalue weighted by molar-refractivity contribution is -0.137. The second-order valence-electron chi connectivity index (χ2n) is 8.01. The van der Waals surface area contributed by atoms with Gasteiger partial charge in [-0.15, -0.1) is 0 Å². The highest BCUT2D eigenvalue weighted by Gasteiger charge is 2.31. The van der Waals surface area contributed by atoms with Gasteiger partial charge in [0, 0.05) is 38.4 Å². The van der Waals surface area contributed by atoms with E-state index in [0.717, 1.165) is 25.1 Å². The molecule has 2 aromatic rings. The van der Waals surface area contributed by atoms with Crippen LogP contribution in [0.2, 0.25) is 0 Å². The minimum absolute atomic E-state index is 0.160. The van der Waals surface area contributed by atoms with E-state index >= 15 is 0 Å². The Morgan fingerprint density at radius 3 is 2.38 bits per heavy atom. The number of carbonyl (C=O) groups is 2. The summed E-state index contributed by atoms with van der Waals surface area (Å²) in [5.41, 5.74) is 0.136. The number of hydrogen-bond donors (Lipinski definition) is 2. The Hall–Kier alpha value is -3.14. The molecule has 1 saturated carbocycles. The third kappa shape index (κ3) is 5.56. The fraction of sp³-hybridized carbons (Fsp3) is 0.409. The Kier molecular flexibility index (Phi) is 6.31. The van der Waals surface area contributed by atoms with Crippen LogP contribution in [0, 0.1) is 0 Å². The van der Waals surface area contributed by atoms with Crippen LogP contribution in [0.3, 0.4) is 0 Å². The summed E-state index contributed by atoms with van der Waals surface area (Å²) in [6, 6.07) is 9.53. The van der Waals surface area contributed by atoms with Crippen molar-refractivity contribution in [3.05, 3.63) is 53.7 Å². The third-order valence-corrected chi connectivity index (χ3v) is 5.50. The number of piperazine rings is 1. The van der Waals surface area contributed by atoms with Gasteiger partial charge in [0.1, 0.15) is 5.82 Å². The highest BCUT2D eigenvalue weighted by molar-refractivity contribution is 6.04. The summed E-state index contributed by atoms with van der Waals surface area (Å²) in [6.07, 6.45) is -1.61. The van der Waals surface area contributed by atoms with Crippen molar-refractivity contribution in [3.63, 3.8) is 0 Å². The zero-order valence-electron chi connectivity index (χ0n) is 17.4. The first-order chi connectivity index (χ1) is 15.3. The molecule has 2 amide bonds. The van der Waals surface area contributed by atoms with Gasteiger partial charge in [-0.05, 0) is 37.1 Å². The average molecular weight is 447 g/mol. The first-order valence-electron chi connectivity index (χ1n) is 10.5. The summed E-state index contributed by atoms with van der Waals surface area (Å²) in [4.78, 5) is 32.7. The number of halogens is 3. The van der Waals surface area contributed by atoms with E-state index in [1.54, 1.807) is 24.3 Å². The summed E-state index contributed by atoms with van der Waals surface area (Å²) < 4.78 is 38.1. The number of para-hydroxylation sites is 1. The van der Waals surface area contributed by atoms with Gasteiger partial charge in [-0.1, -0.05) is 12.1 Å². The molecule has 7 nitrogen and oxygen atoms in total. The molecule has 1 aliphatic carbocycles. The number of aromatic nitrogens is 1. The van der Waals surface area contributed by atoms with Crippen molar-refractivity contribution < 1.29 is 22.8 Å². The zero-order chi connectivity index (χ0) is 22.7. The standard InChI is InChI=1S/C22H24F3N5O2/c23-22(24,25)15-5-8-19(26-13-15)30-11-9-29(10-12-30)14-20(31)28-18-4-2-1-3-17(18)21(32)27-16-6-7-16/h1-5,8,13,16H,6-7,9-12,14H2,(H,27,32)(H,28,31). The molecule has 0 atom stereocenters. The largest absolute Gasteiger partial charge is 0.417 e. The molecule has 32 heavy (non-hydrogen) atoms. The predicted octanol–water partition coefficient (Wildman–Crippen LogP) is 2.75. The number of alkyl halides is 3. The number of pyridine rings is 1. The van der Waals surface area contributed by atoms with Crippen LogP contribution in [0.1, 0.15) is 28.8 Å². The van der Waals surface area contributed by atoms with Gasteiger partial charge in [0.25, 0.3) is 5.91 Å². The first-order valence-corrected chi connectivity index (χ1v) is 10.5. The SMILES string of the molecule is O=C(CN1CCN(c2ccc(C(F)(F)F)cn2)CC1)Nc1ccccc1C(=O)NC1CC1. The van der Waals surface area contributed by atoms with Crippen LogP contribution in [0.25, 0.3) is 0 Å². The van der Waals surface area contributed by atoms with E-state index in [-0.39, 0.29) is 24.4 Å². The molecular formula is C22H24F3N5O2. The smallest absolute Gasteiger partial charge is 0.354 e. The molecular weight excluding hydrogens is 423 g/mol. The molecule has 0 bridgehead atoms. The van der Waals surface area contributed by atoms with Crippen LogP contribution in [-0.4, -0.2) is 60.5 Å². The van der Waals surface area contributed by atoms with Gasteiger partial charge in [0.05, 0.1) is 23.4 Å². The zero-order valence-corrected chi connectivity index (χ0v) is 17.4. The lowest BCUT2D eigenvalue weighted by Crippen LogP contribution is -2.49. The average Bonchev–Trinajstić information content (AvgIpc) is 3.58. The van der Waals surface area contributed by atoms with E-state index < -0.39 is 11.7 Å². The van der Waals surface area contributed by atoms with Crippen LogP contribution in [0.4, 0.5) is 24.7 Å². The van der Waals surface area contributed by atoms with Gasteiger partial charge in [-0.2, -0.15) is 13.2 Å². The molecule has 2 heterocycles. The Morgan fingerprint density at radius 1 is 1.03 bits per heavy atom. The van der Waals surface area contributed by atoms with Gasteiger partial charge in [0.2, 0.25) is 5.91 Å². The molecule has 1 aromatic carbocycles. The number of rotatable bonds is 6. The molecule has 4 rings (SSSR count). The molecule has 10 heteroatoms. The quantitative estimate of drug-likeness (QED) is 0.712. The molecule has 1 saturated heterocycles. The first kappa shape index (κ1) is 22.1. The number of carbonyl (C=O) groups excluding carboxylic acids is 2. The predicted molar refractivity (Wildman–Crippen MR) is 113 cm³/mol. The fourth-order valence-electron chi connectivity index (χ4n) is 3.55.